The molecule has 0 fully saturated rings. The number of halogens is 4. The molecule has 5 nitrogen and oxygen atoms in total. The second-order valence-corrected chi connectivity index (χ2v) is 8.10. The quantitative estimate of drug-likeness (QED) is 0.332. The average Bonchev–Trinajstić information content (AvgIpc) is 2.96. The normalized spacial score (nSPS) is 11.1. The van der Waals surface area contributed by atoms with Gasteiger partial charge in [-0.3, -0.25) is 4.79 Å². The second-order valence-electron chi connectivity index (χ2n) is 6.41. The maximum Gasteiger partial charge on any atom is 0.277 e. The van der Waals surface area contributed by atoms with Crippen molar-refractivity contribution in [1.29, 1.82) is 0 Å². The monoisotopic (exact) mass is 483 g/mol. The van der Waals surface area contributed by atoms with E-state index in [1.54, 1.807) is 36.5 Å². The number of rotatable bonds is 6. The Morgan fingerprint density at radius 3 is 2.47 bits per heavy atom. The molecule has 0 aliphatic heterocycles. The van der Waals surface area contributed by atoms with Crippen LogP contribution in [0.4, 0.5) is 0 Å². The Morgan fingerprint density at radius 1 is 1.03 bits per heavy atom. The number of aryl methyl sites for hydroxylation is 1. The lowest BCUT2D eigenvalue weighted by molar-refractivity contribution is -0.123. The lowest BCUT2D eigenvalue weighted by Gasteiger charge is -2.12. The van der Waals surface area contributed by atoms with Crippen molar-refractivity contribution in [3.8, 4) is 11.4 Å². The van der Waals surface area contributed by atoms with Crippen LogP contribution in [0.3, 0.4) is 0 Å². The van der Waals surface area contributed by atoms with E-state index in [1.165, 1.54) is 6.07 Å². The largest absolute Gasteiger partial charge is 0.482 e. The van der Waals surface area contributed by atoms with E-state index >= 15 is 0 Å². The Hall–Kier alpha value is -2.18. The van der Waals surface area contributed by atoms with Gasteiger partial charge in [0.2, 0.25) is 0 Å². The van der Waals surface area contributed by atoms with Gasteiger partial charge in [-0.1, -0.05) is 46.4 Å². The predicted molar refractivity (Wildman–Crippen MR) is 123 cm³/mol. The molecule has 0 spiro atoms. The molecule has 0 aliphatic rings. The van der Waals surface area contributed by atoms with E-state index in [2.05, 4.69) is 10.5 Å². The second kappa shape index (κ2) is 9.75. The van der Waals surface area contributed by atoms with Crippen LogP contribution in [0.1, 0.15) is 17.0 Å². The summed E-state index contributed by atoms with van der Waals surface area (Å²) in [7, 11) is 0. The highest BCUT2D eigenvalue weighted by molar-refractivity contribution is 6.35. The molecule has 0 bridgehead atoms. The zero-order valence-electron chi connectivity index (χ0n) is 16.0. The Bertz CT molecular complexity index is 1130. The van der Waals surface area contributed by atoms with Gasteiger partial charge >= 0.3 is 0 Å². The number of hydrogen-bond acceptors (Lipinski definition) is 3. The number of carbonyl (C=O) groups is 1. The molecule has 0 radical (unpaired) electrons. The fraction of sp³-hybridized carbons (Fsp3) is 0.143. The summed E-state index contributed by atoms with van der Waals surface area (Å²) >= 11 is 24.3. The highest BCUT2D eigenvalue weighted by Crippen LogP contribution is 2.29. The third-order valence-electron chi connectivity index (χ3n) is 4.26. The zero-order valence-corrected chi connectivity index (χ0v) is 19.1. The molecule has 1 heterocycles. The molecule has 0 atom stereocenters. The van der Waals surface area contributed by atoms with Crippen LogP contribution in [-0.4, -0.2) is 23.3 Å². The van der Waals surface area contributed by atoms with Crippen molar-refractivity contribution in [3.63, 3.8) is 0 Å². The van der Waals surface area contributed by atoms with E-state index < -0.39 is 5.91 Å². The number of carbonyl (C=O) groups excluding carboxylic acids is 1. The number of ether oxygens (including phenoxy) is 1. The lowest BCUT2D eigenvalue weighted by Crippen LogP contribution is -2.24. The van der Waals surface area contributed by atoms with Gasteiger partial charge in [0, 0.05) is 27.0 Å². The molecule has 0 unspecified atom stereocenters. The van der Waals surface area contributed by atoms with Gasteiger partial charge in [-0.25, -0.2) is 5.43 Å². The molecule has 156 valence electrons. The molecule has 1 N–H and O–H groups in total. The Balaban J connectivity index is 1.66. The summed E-state index contributed by atoms with van der Waals surface area (Å²) in [6.45, 7) is 3.64. The number of hydrazone groups is 1. The number of nitrogens with zero attached hydrogens (tertiary/aromatic N) is 2. The first-order valence-electron chi connectivity index (χ1n) is 8.80. The molecular weight excluding hydrogens is 468 g/mol. The Labute approximate surface area is 194 Å². The minimum atomic E-state index is -0.427. The third-order valence-corrected chi connectivity index (χ3v) is 5.35. The van der Waals surface area contributed by atoms with Crippen LogP contribution in [0.25, 0.3) is 5.69 Å². The van der Waals surface area contributed by atoms with Crippen LogP contribution in [0.2, 0.25) is 20.1 Å². The molecule has 0 saturated carbocycles. The van der Waals surface area contributed by atoms with E-state index in [-0.39, 0.29) is 6.61 Å². The highest BCUT2D eigenvalue weighted by Gasteiger charge is 2.13. The van der Waals surface area contributed by atoms with Gasteiger partial charge in [0.25, 0.3) is 5.91 Å². The van der Waals surface area contributed by atoms with Gasteiger partial charge in [0.05, 0.1) is 21.9 Å². The van der Waals surface area contributed by atoms with Crippen molar-refractivity contribution in [2.45, 2.75) is 13.8 Å². The molecule has 2 aromatic carbocycles. The number of benzene rings is 2. The molecule has 0 saturated heterocycles. The number of amides is 1. The standard InChI is InChI=1S/C21H17Cl4N3O2/c1-12-7-14(13(2)28(12)19-9-16(23)3-5-17(19)24)10-26-27-21(29)11-30-20-6-4-15(22)8-18(20)25/h3-10H,11H2,1-2H3,(H,27,29)/b26-10-. The minimum Gasteiger partial charge on any atom is -0.482 e. The average molecular weight is 485 g/mol. The van der Waals surface area contributed by atoms with Gasteiger partial charge in [-0.2, -0.15) is 5.10 Å². The predicted octanol–water partition coefficient (Wildman–Crippen LogP) is 6.24. The van der Waals surface area contributed by atoms with Gasteiger partial charge in [0.1, 0.15) is 5.75 Å². The SMILES string of the molecule is Cc1cc(/C=N\NC(=O)COc2ccc(Cl)cc2Cl)c(C)n1-c1cc(Cl)ccc1Cl. The third kappa shape index (κ3) is 5.29. The Morgan fingerprint density at radius 2 is 1.73 bits per heavy atom. The van der Waals surface area contributed by atoms with E-state index in [0.717, 1.165) is 22.6 Å². The van der Waals surface area contributed by atoms with Crippen molar-refractivity contribution >= 4 is 58.5 Å². The Kier molecular flexibility index (Phi) is 7.32. The van der Waals surface area contributed by atoms with Crippen molar-refractivity contribution in [2.24, 2.45) is 5.10 Å². The number of hydrogen-bond donors (Lipinski definition) is 1. The summed E-state index contributed by atoms with van der Waals surface area (Å²) in [5.41, 5.74) is 5.88. The highest BCUT2D eigenvalue weighted by atomic mass is 35.5. The molecule has 9 heteroatoms. The zero-order chi connectivity index (χ0) is 21.8. The maximum absolute atomic E-state index is 12.0. The van der Waals surface area contributed by atoms with Crippen LogP contribution < -0.4 is 10.2 Å². The van der Waals surface area contributed by atoms with Crippen molar-refractivity contribution in [3.05, 3.63) is 79.5 Å². The van der Waals surface area contributed by atoms with Crippen LogP contribution in [-0.2, 0) is 4.79 Å². The smallest absolute Gasteiger partial charge is 0.277 e. The van der Waals surface area contributed by atoms with Crippen LogP contribution >= 0.6 is 46.4 Å². The summed E-state index contributed by atoms with van der Waals surface area (Å²) in [6, 6.07) is 12.0. The molecule has 1 aromatic heterocycles. The first-order chi connectivity index (χ1) is 14.3. The summed E-state index contributed by atoms with van der Waals surface area (Å²) in [4.78, 5) is 12.0. The molecule has 0 aliphatic carbocycles. The van der Waals surface area contributed by atoms with E-state index in [0.29, 0.717) is 25.8 Å². The summed E-state index contributed by atoms with van der Waals surface area (Å²) < 4.78 is 7.35. The van der Waals surface area contributed by atoms with Crippen molar-refractivity contribution in [1.82, 2.24) is 9.99 Å². The van der Waals surface area contributed by atoms with Gasteiger partial charge in [0.15, 0.2) is 6.61 Å². The minimum absolute atomic E-state index is 0.240. The maximum atomic E-state index is 12.0. The molecule has 30 heavy (non-hydrogen) atoms. The molecule has 1 amide bonds. The van der Waals surface area contributed by atoms with E-state index in [9.17, 15) is 4.79 Å². The summed E-state index contributed by atoms with van der Waals surface area (Å²) in [6.07, 6.45) is 1.56. The van der Waals surface area contributed by atoms with Crippen molar-refractivity contribution in [2.75, 3.05) is 6.61 Å². The molecular formula is C21H17Cl4N3O2. The number of aromatic nitrogens is 1. The fourth-order valence-corrected chi connectivity index (χ4v) is 3.72. The van der Waals surface area contributed by atoms with Crippen LogP contribution in [0.5, 0.6) is 5.75 Å². The summed E-state index contributed by atoms with van der Waals surface area (Å²) in [5.74, 6) is -0.0638. The van der Waals surface area contributed by atoms with Crippen LogP contribution in [0.15, 0.2) is 47.6 Å². The summed E-state index contributed by atoms with van der Waals surface area (Å²) in [5, 5.41) is 5.99. The van der Waals surface area contributed by atoms with Gasteiger partial charge in [-0.15, -0.1) is 0 Å². The van der Waals surface area contributed by atoms with Crippen LogP contribution in [0, 0.1) is 13.8 Å². The van der Waals surface area contributed by atoms with E-state index in [4.69, 9.17) is 51.1 Å². The van der Waals surface area contributed by atoms with Crippen molar-refractivity contribution < 1.29 is 9.53 Å². The van der Waals surface area contributed by atoms with Gasteiger partial charge < -0.3 is 9.30 Å². The molecule has 3 rings (SSSR count). The number of nitrogens with one attached hydrogen (secondary N) is 1. The lowest BCUT2D eigenvalue weighted by atomic mass is 10.2. The van der Waals surface area contributed by atoms with E-state index in [1.807, 2.05) is 24.5 Å². The molecule has 3 aromatic rings. The topological polar surface area (TPSA) is 55.6 Å². The van der Waals surface area contributed by atoms with Gasteiger partial charge in [-0.05, 0) is 56.3 Å². The fourth-order valence-electron chi connectivity index (χ4n) is 2.89. The first-order valence-corrected chi connectivity index (χ1v) is 10.3. The first kappa shape index (κ1) is 22.5.